The second kappa shape index (κ2) is 6.19. The number of amides is 2. The first-order chi connectivity index (χ1) is 8.66. The molecule has 1 aromatic rings. The molecule has 0 unspecified atom stereocenters. The summed E-state index contributed by atoms with van der Waals surface area (Å²) in [6.45, 7) is 1.57. The SMILES string of the molecule is O=C(NC1=NCCCN1)Nc1c(Br)cccc1Br. The van der Waals surface area contributed by atoms with Crippen molar-refractivity contribution >= 4 is 49.5 Å². The fourth-order valence-electron chi connectivity index (χ4n) is 1.49. The Balaban J connectivity index is 2.01. The maximum absolute atomic E-state index is 11.8. The predicted molar refractivity (Wildman–Crippen MR) is 78.9 cm³/mol. The lowest BCUT2D eigenvalue weighted by Gasteiger charge is -2.16. The number of anilines is 1. The van der Waals surface area contributed by atoms with Gasteiger partial charge < -0.3 is 10.6 Å². The molecule has 0 bridgehead atoms. The molecule has 0 fully saturated rings. The van der Waals surface area contributed by atoms with Crippen LogP contribution in [-0.2, 0) is 0 Å². The fourth-order valence-corrected chi connectivity index (χ4v) is 2.68. The van der Waals surface area contributed by atoms with Gasteiger partial charge in [-0.15, -0.1) is 0 Å². The van der Waals surface area contributed by atoms with Crippen LogP contribution < -0.4 is 16.0 Å². The van der Waals surface area contributed by atoms with Crippen molar-refractivity contribution in [2.75, 3.05) is 18.4 Å². The molecule has 0 aliphatic carbocycles. The van der Waals surface area contributed by atoms with Crippen molar-refractivity contribution in [3.63, 3.8) is 0 Å². The molecule has 2 rings (SSSR count). The standard InChI is InChI=1S/C11H12Br2N4O/c12-7-3-1-4-8(13)9(7)16-11(18)17-10-14-5-2-6-15-10/h1,3-4H,2,5-6H2,(H3,14,15,16,17,18). The number of nitrogens with one attached hydrogen (secondary N) is 3. The Hall–Kier alpha value is -1.08. The number of urea groups is 1. The maximum Gasteiger partial charge on any atom is 0.326 e. The molecule has 18 heavy (non-hydrogen) atoms. The highest BCUT2D eigenvalue weighted by Gasteiger charge is 2.11. The van der Waals surface area contributed by atoms with E-state index in [1.54, 1.807) is 0 Å². The molecule has 2 amide bonds. The van der Waals surface area contributed by atoms with Gasteiger partial charge >= 0.3 is 6.03 Å². The average Bonchev–Trinajstić information content (AvgIpc) is 2.35. The molecule has 0 saturated carbocycles. The van der Waals surface area contributed by atoms with E-state index in [9.17, 15) is 4.79 Å². The second-order valence-electron chi connectivity index (χ2n) is 3.69. The summed E-state index contributed by atoms with van der Waals surface area (Å²) in [5.41, 5.74) is 0.686. The van der Waals surface area contributed by atoms with Crippen LogP contribution in [0.1, 0.15) is 6.42 Å². The number of nitrogens with zero attached hydrogens (tertiary/aromatic N) is 1. The number of hydrogen-bond donors (Lipinski definition) is 3. The number of benzene rings is 1. The Morgan fingerprint density at radius 1 is 1.28 bits per heavy atom. The molecule has 1 aliphatic rings. The molecule has 3 N–H and O–H groups in total. The van der Waals surface area contributed by atoms with Crippen molar-refractivity contribution in [2.24, 2.45) is 4.99 Å². The van der Waals surface area contributed by atoms with E-state index in [0.29, 0.717) is 11.6 Å². The third-order valence-electron chi connectivity index (χ3n) is 2.33. The van der Waals surface area contributed by atoms with Gasteiger partial charge in [0.1, 0.15) is 0 Å². The highest BCUT2D eigenvalue weighted by atomic mass is 79.9. The summed E-state index contributed by atoms with van der Waals surface area (Å²) < 4.78 is 1.62. The van der Waals surface area contributed by atoms with Crippen molar-refractivity contribution in [1.29, 1.82) is 0 Å². The monoisotopic (exact) mass is 374 g/mol. The van der Waals surface area contributed by atoms with Gasteiger partial charge in [-0.25, -0.2) is 4.79 Å². The lowest BCUT2D eigenvalue weighted by molar-refractivity contribution is 0.255. The molecular formula is C11H12Br2N4O. The first-order valence-corrected chi connectivity index (χ1v) is 7.06. The molecule has 96 valence electrons. The van der Waals surface area contributed by atoms with Crippen molar-refractivity contribution in [1.82, 2.24) is 10.6 Å². The van der Waals surface area contributed by atoms with Crippen LogP contribution in [0.3, 0.4) is 0 Å². The van der Waals surface area contributed by atoms with Gasteiger partial charge in [0.25, 0.3) is 0 Å². The molecule has 5 nitrogen and oxygen atoms in total. The summed E-state index contributed by atoms with van der Waals surface area (Å²) in [5.74, 6) is 0.516. The normalized spacial score (nSPS) is 14.4. The molecule has 0 radical (unpaired) electrons. The summed E-state index contributed by atoms with van der Waals surface area (Å²) in [7, 11) is 0. The van der Waals surface area contributed by atoms with E-state index in [0.717, 1.165) is 28.5 Å². The van der Waals surface area contributed by atoms with Gasteiger partial charge in [-0.3, -0.25) is 10.3 Å². The minimum Gasteiger partial charge on any atom is -0.356 e. The molecule has 1 aliphatic heterocycles. The van der Waals surface area contributed by atoms with Crippen LogP contribution in [0.4, 0.5) is 10.5 Å². The number of para-hydroxylation sites is 1. The quantitative estimate of drug-likeness (QED) is 0.706. The van der Waals surface area contributed by atoms with E-state index in [2.05, 4.69) is 52.8 Å². The van der Waals surface area contributed by atoms with Gasteiger partial charge in [0.05, 0.1) is 5.69 Å². The molecule has 0 saturated heterocycles. The summed E-state index contributed by atoms with van der Waals surface area (Å²) in [6, 6.07) is 5.27. The fraction of sp³-hybridized carbons (Fsp3) is 0.273. The number of aliphatic imine (C=N–C) groups is 1. The zero-order valence-corrected chi connectivity index (χ0v) is 12.6. The van der Waals surface area contributed by atoms with Crippen molar-refractivity contribution < 1.29 is 4.79 Å². The minimum atomic E-state index is -0.323. The second-order valence-corrected chi connectivity index (χ2v) is 5.40. The molecule has 0 spiro atoms. The third kappa shape index (κ3) is 3.46. The van der Waals surface area contributed by atoms with Gasteiger partial charge in [-0.05, 0) is 50.4 Å². The van der Waals surface area contributed by atoms with E-state index in [4.69, 9.17) is 0 Å². The summed E-state index contributed by atoms with van der Waals surface area (Å²) >= 11 is 6.76. The topological polar surface area (TPSA) is 65.5 Å². The lowest BCUT2D eigenvalue weighted by Crippen LogP contribution is -2.45. The Morgan fingerprint density at radius 2 is 2.00 bits per heavy atom. The van der Waals surface area contributed by atoms with Crippen LogP contribution in [0, 0.1) is 0 Å². The minimum absolute atomic E-state index is 0.323. The number of rotatable bonds is 1. The largest absolute Gasteiger partial charge is 0.356 e. The van der Waals surface area contributed by atoms with Crippen LogP contribution in [0.25, 0.3) is 0 Å². The summed E-state index contributed by atoms with van der Waals surface area (Å²) in [4.78, 5) is 16.0. The first kappa shape index (κ1) is 13.4. The zero-order valence-electron chi connectivity index (χ0n) is 9.46. The third-order valence-corrected chi connectivity index (χ3v) is 3.65. The van der Waals surface area contributed by atoms with E-state index in [-0.39, 0.29) is 6.03 Å². The number of carbonyl (C=O) groups is 1. The molecule has 0 atom stereocenters. The molecule has 7 heteroatoms. The Labute approximate surface area is 122 Å². The first-order valence-electron chi connectivity index (χ1n) is 5.47. The van der Waals surface area contributed by atoms with Crippen molar-refractivity contribution in [2.45, 2.75) is 6.42 Å². The summed E-state index contributed by atoms with van der Waals surface area (Å²) in [6.07, 6.45) is 0.989. The van der Waals surface area contributed by atoms with E-state index >= 15 is 0 Å². The van der Waals surface area contributed by atoms with Gasteiger partial charge in [0, 0.05) is 22.0 Å². The zero-order chi connectivity index (χ0) is 13.0. The maximum atomic E-state index is 11.8. The molecule has 0 aromatic heterocycles. The van der Waals surface area contributed by atoms with E-state index in [1.807, 2.05) is 18.2 Å². The van der Waals surface area contributed by atoms with Crippen LogP contribution in [0.15, 0.2) is 32.1 Å². The predicted octanol–water partition coefficient (Wildman–Crippen LogP) is 2.68. The number of halogens is 2. The molecule has 1 heterocycles. The van der Waals surface area contributed by atoms with E-state index in [1.165, 1.54) is 0 Å². The van der Waals surface area contributed by atoms with Crippen LogP contribution >= 0.6 is 31.9 Å². The van der Waals surface area contributed by atoms with Gasteiger partial charge in [0.15, 0.2) is 5.96 Å². The smallest absolute Gasteiger partial charge is 0.326 e. The van der Waals surface area contributed by atoms with Crippen LogP contribution in [0.5, 0.6) is 0 Å². The number of guanidine groups is 1. The molecular weight excluding hydrogens is 364 g/mol. The van der Waals surface area contributed by atoms with Crippen LogP contribution in [-0.4, -0.2) is 25.1 Å². The molecule has 1 aromatic carbocycles. The van der Waals surface area contributed by atoms with Gasteiger partial charge in [-0.2, -0.15) is 0 Å². The highest BCUT2D eigenvalue weighted by Crippen LogP contribution is 2.30. The Bertz CT molecular complexity index is 470. The van der Waals surface area contributed by atoms with Gasteiger partial charge in [0.2, 0.25) is 0 Å². The Kier molecular flexibility index (Phi) is 4.60. The number of carbonyl (C=O) groups excluding carboxylic acids is 1. The van der Waals surface area contributed by atoms with E-state index < -0.39 is 0 Å². The van der Waals surface area contributed by atoms with Crippen LogP contribution in [0.2, 0.25) is 0 Å². The highest BCUT2D eigenvalue weighted by molar-refractivity contribution is 9.11. The number of hydrogen-bond acceptors (Lipinski definition) is 3. The lowest BCUT2D eigenvalue weighted by atomic mass is 10.3. The van der Waals surface area contributed by atoms with Gasteiger partial charge in [-0.1, -0.05) is 6.07 Å². The van der Waals surface area contributed by atoms with Crippen molar-refractivity contribution in [3.8, 4) is 0 Å². The summed E-state index contributed by atoms with van der Waals surface area (Å²) in [5, 5.41) is 8.45. The Morgan fingerprint density at radius 3 is 2.61 bits per heavy atom. The average molecular weight is 376 g/mol. The van der Waals surface area contributed by atoms with Crippen molar-refractivity contribution in [3.05, 3.63) is 27.1 Å².